The van der Waals surface area contributed by atoms with E-state index in [1.165, 1.54) is 13.0 Å². The number of amides is 1. The Morgan fingerprint density at radius 2 is 1.90 bits per heavy atom. The molecule has 0 radical (unpaired) electrons. The zero-order valence-corrected chi connectivity index (χ0v) is 12.3. The molecule has 0 bridgehead atoms. The van der Waals surface area contributed by atoms with Crippen LogP contribution in [-0.2, 0) is 4.74 Å². The third-order valence-electron chi connectivity index (χ3n) is 3.49. The fraction of sp³-hybridized carbons (Fsp3) is 0.467. The first-order valence-corrected chi connectivity index (χ1v) is 7.00. The van der Waals surface area contributed by atoms with Crippen LogP contribution in [0.1, 0.15) is 24.2 Å². The van der Waals surface area contributed by atoms with Gasteiger partial charge in [-0.3, -0.25) is 4.79 Å². The second kappa shape index (κ2) is 6.56. The molecule has 1 fully saturated rings. The van der Waals surface area contributed by atoms with Crippen molar-refractivity contribution < 1.29 is 18.7 Å². The maximum Gasteiger partial charge on any atom is 0.409 e. The van der Waals surface area contributed by atoms with Gasteiger partial charge in [-0.25, -0.2) is 9.18 Å². The topological polar surface area (TPSA) is 49.9 Å². The van der Waals surface area contributed by atoms with Crippen LogP contribution in [0.15, 0.2) is 18.2 Å². The van der Waals surface area contributed by atoms with Gasteiger partial charge in [-0.05, 0) is 26.0 Å². The summed E-state index contributed by atoms with van der Waals surface area (Å²) in [6.07, 6.45) is -0.330. The Bertz CT molecular complexity index is 540. The van der Waals surface area contributed by atoms with E-state index in [4.69, 9.17) is 4.74 Å². The van der Waals surface area contributed by atoms with E-state index in [9.17, 15) is 14.0 Å². The molecular formula is C15H19FN2O3. The number of halogens is 1. The number of anilines is 1. The lowest BCUT2D eigenvalue weighted by Crippen LogP contribution is -2.49. The molecule has 1 aliphatic rings. The Balaban J connectivity index is 2.11. The number of carbonyl (C=O) groups is 2. The van der Waals surface area contributed by atoms with Crippen LogP contribution in [0.25, 0.3) is 0 Å². The number of benzene rings is 1. The van der Waals surface area contributed by atoms with Gasteiger partial charge in [0.05, 0.1) is 17.9 Å². The first-order valence-electron chi connectivity index (χ1n) is 7.00. The number of rotatable bonds is 3. The summed E-state index contributed by atoms with van der Waals surface area (Å²) in [6, 6.07) is 4.61. The first kappa shape index (κ1) is 15.3. The van der Waals surface area contributed by atoms with Crippen molar-refractivity contribution in [3.05, 3.63) is 29.6 Å². The molecule has 114 valence electrons. The summed E-state index contributed by atoms with van der Waals surface area (Å²) in [7, 11) is 0. The van der Waals surface area contributed by atoms with Crippen molar-refractivity contribution in [3.8, 4) is 0 Å². The molecule has 6 heteroatoms. The van der Waals surface area contributed by atoms with Gasteiger partial charge in [0.1, 0.15) is 5.82 Å². The highest BCUT2D eigenvalue weighted by Gasteiger charge is 2.25. The van der Waals surface area contributed by atoms with Gasteiger partial charge in [-0.2, -0.15) is 0 Å². The van der Waals surface area contributed by atoms with E-state index in [-0.39, 0.29) is 17.4 Å². The molecule has 21 heavy (non-hydrogen) atoms. The van der Waals surface area contributed by atoms with Crippen LogP contribution >= 0.6 is 0 Å². The van der Waals surface area contributed by atoms with Crippen molar-refractivity contribution in [2.24, 2.45) is 0 Å². The number of hydrogen-bond donors (Lipinski definition) is 0. The van der Waals surface area contributed by atoms with Crippen molar-refractivity contribution >= 4 is 17.6 Å². The van der Waals surface area contributed by atoms with E-state index < -0.39 is 5.82 Å². The molecule has 1 heterocycles. The number of ketones is 1. The second-order valence-electron chi connectivity index (χ2n) is 4.86. The zero-order chi connectivity index (χ0) is 15.4. The lowest BCUT2D eigenvalue weighted by atomic mass is 10.1. The average Bonchev–Trinajstić information content (AvgIpc) is 2.47. The highest BCUT2D eigenvalue weighted by atomic mass is 19.1. The maximum atomic E-state index is 13.8. The zero-order valence-electron chi connectivity index (χ0n) is 12.3. The second-order valence-corrected chi connectivity index (χ2v) is 4.86. The van der Waals surface area contributed by atoms with E-state index in [0.717, 1.165) is 0 Å². The fourth-order valence-corrected chi connectivity index (χ4v) is 2.47. The monoisotopic (exact) mass is 294 g/mol. The molecule has 1 aromatic rings. The molecule has 1 aliphatic heterocycles. The van der Waals surface area contributed by atoms with E-state index >= 15 is 0 Å². The van der Waals surface area contributed by atoms with Gasteiger partial charge < -0.3 is 14.5 Å². The highest BCUT2D eigenvalue weighted by Crippen LogP contribution is 2.25. The summed E-state index contributed by atoms with van der Waals surface area (Å²) in [6.45, 7) is 5.54. The first-order chi connectivity index (χ1) is 10.0. The van der Waals surface area contributed by atoms with Crippen LogP contribution in [-0.4, -0.2) is 49.6 Å². The fourth-order valence-electron chi connectivity index (χ4n) is 2.47. The van der Waals surface area contributed by atoms with E-state index in [1.807, 2.05) is 4.90 Å². The smallest absolute Gasteiger partial charge is 0.409 e. The number of piperazine rings is 1. The van der Waals surface area contributed by atoms with Gasteiger partial charge in [0.25, 0.3) is 0 Å². The minimum absolute atomic E-state index is 0.113. The highest BCUT2D eigenvalue weighted by molar-refractivity contribution is 6.00. The minimum Gasteiger partial charge on any atom is -0.450 e. The number of Topliss-reactive ketones (excluding diaryl/α,β-unsaturated/α-hetero) is 1. The summed E-state index contributed by atoms with van der Waals surface area (Å²) in [4.78, 5) is 26.8. The number of hydrogen-bond acceptors (Lipinski definition) is 4. The molecule has 1 aromatic carbocycles. The van der Waals surface area contributed by atoms with Gasteiger partial charge >= 0.3 is 6.09 Å². The van der Waals surface area contributed by atoms with Crippen LogP contribution in [0.2, 0.25) is 0 Å². The molecule has 0 unspecified atom stereocenters. The van der Waals surface area contributed by atoms with Gasteiger partial charge in [0.15, 0.2) is 5.78 Å². The van der Waals surface area contributed by atoms with Gasteiger partial charge in [-0.1, -0.05) is 6.07 Å². The van der Waals surface area contributed by atoms with Crippen LogP contribution in [0.4, 0.5) is 14.9 Å². The molecule has 0 N–H and O–H groups in total. The number of ether oxygens (including phenoxy) is 1. The summed E-state index contributed by atoms with van der Waals surface area (Å²) in [5.41, 5.74) is 0.702. The van der Waals surface area contributed by atoms with E-state index in [1.54, 1.807) is 24.0 Å². The molecule has 1 amide bonds. The van der Waals surface area contributed by atoms with E-state index in [0.29, 0.717) is 38.5 Å². The summed E-state index contributed by atoms with van der Waals surface area (Å²) >= 11 is 0. The van der Waals surface area contributed by atoms with Gasteiger partial charge in [0.2, 0.25) is 0 Å². The quantitative estimate of drug-likeness (QED) is 0.803. The largest absolute Gasteiger partial charge is 0.450 e. The van der Waals surface area contributed by atoms with Crippen molar-refractivity contribution in [2.75, 3.05) is 37.7 Å². The third-order valence-corrected chi connectivity index (χ3v) is 3.49. The van der Waals surface area contributed by atoms with Gasteiger partial charge in [-0.15, -0.1) is 0 Å². The summed E-state index contributed by atoms with van der Waals surface area (Å²) < 4.78 is 18.8. The lowest BCUT2D eigenvalue weighted by molar-refractivity contribution is 0.100. The Hall–Kier alpha value is -2.11. The number of carbonyl (C=O) groups excluding carboxylic acids is 2. The molecule has 0 spiro atoms. The maximum absolute atomic E-state index is 13.8. The molecular weight excluding hydrogens is 275 g/mol. The molecule has 1 saturated heterocycles. The Morgan fingerprint density at radius 3 is 2.48 bits per heavy atom. The Labute approximate surface area is 123 Å². The van der Waals surface area contributed by atoms with Crippen LogP contribution in [0.3, 0.4) is 0 Å². The van der Waals surface area contributed by atoms with Crippen molar-refractivity contribution in [1.29, 1.82) is 0 Å². The van der Waals surface area contributed by atoms with Crippen molar-refractivity contribution in [2.45, 2.75) is 13.8 Å². The Kier molecular flexibility index (Phi) is 4.77. The van der Waals surface area contributed by atoms with Crippen molar-refractivity contribution in [3.63, 3.8) is 0 Å². The lowest BCUT2D eigenvalue weighted by Gasteiger charge is -2.36. The molecule has 2 rings (SSSR count). The molecule has 0 atom stereocenters. The predicted octanol–water partition coefficient (Wildman–Crippen LogP) is 2.31. The van der Waals surface area contributed by atoms with Crippen LogP contribution in [0, 0.1) is 5.82 Å². The Morgan fingerprint density at radius 1 is 1.24 bits per heavy atom. The molecule has 5 nitrogen and oxygen atoms in total. The predicted molar refractivity (Wildman–Crippen MR) is 77.2 cm³/mol. The standard InChI is InChI=1S/C15H19FN2O3/c1-3-21-15(20)18-9-7-17(8-10-18)13-6-4-5-12(16)14(13)11(2)19/h4-6H,3,7-10H2,1-2H3. The molecule has 0 aliphatic carbocycles. The number of nitrogens with zero attached hydrogens (tertiary/aromatic N) is 2. The van der Waals surface area contributed by atoms with Gasteiger partial charge in [0, 0.05) is 26.2 Å². The average molecular weight is 294 g/mol. The van der Waals surface area contributed by atoms with Crippen LogP contribution in [0.5, 0.6) is 0 Å². The molecule has 0 aromatic heterocycles. The summed E-state index contributed by atoms with van der Waals surface area (Å²) in [5, 5.41) is 0. The van der Waals surface area contributed by atoms with Crippen LogP contribution < -0.4 is 4.90 Å². The van der Waals surface area contributed by atoms with E-state index in [2.05, 4.69) is 0 Å². The minimum atomic E-state index is -0.507. The normalized spacial score (nSPS) is 15.0. The summed E-state index contributed by atoms with van der Waals surface area (Å²) in [5.74, 6) is -0.802. The SMILES string of the molecule is CCOC(=O)N1CCN(c2cccc(F)c2C(C)=O)CC1. The van der Waals surface area contributed by atoms with Crippen molar-refractivity contribution in [1.82, 2.24) is 4.90 Å². The third kappa shape index (κ3) is 3.32. The molecule has 0 saturated carbocycles.